The van der Waals surface area contributed by atoms with Crippen LogP contribution in [0.3, 0.4) is 0 Å². The summed E-state index contributed by atoms with van der Waals surface area (Å²) < 4.78 is 10.8. The van der Waals surface area contributed by atoms with Gasteiger partial charge in [-0.25, -0.2) is 4.79 Å². The van der Waals surface area contributed by atoms with Gasteiger partial charge in [-0.3, -0.25) is 4.90 Å². The van der Waals surface area contributed by atoms with Crippen molar-refractivity contribution < 1.29 is 14.3 Å². The summed E-state index contributed by atoms with van der Waals surface area (Å²) in [6, 6.07) is 9.43. The molecule has 1 saturated heterocycles. The third-order valence-electron chi connectivity index (χ3n) is 3.44. The normalized spacial score (nSPS) is 15.3. The van der Waals surface area contributed by atoms with Gasteiger partial charge in [0.2, 0.25) is 0 Å². The second-order valence-electron chi connectivity index (χ2n) is 5.15. The van der Waals surface area contributed by atoms with Crippen molar-refractivity contribution in [3.8, 4) is 5.75 Å². The van der Waals surface area contributed by atoms with Crippen LogP contribution in [0.1, 0.15) is 6.42 Å². The molecule has 1 aliphatic rings. The molecule has 1 aliphatic heterocycles. The minimum Gasteiger partial charge on any atom is -0.492 e. The lowest BCUT2D eigenvalue weighted by Gasteiger charge is -2.26. The molecular formula is C16H25N3O3. The van der Waals surface area contributed by atoms with Crippen LogP contribution in [0.4, 0.5) is 4.79 Å². The zero-order chi connectivity index (χ0) is 15.5. The smallest absolute Gasteiger partial charge is 0.314 e. The van der Waals surface area contributed by atoms with Gasteiger partial charge in [-0.05, 0) is 25.1 Å². The van der Waals surface area contributed by atoms with Crippen LogP contribution in [0.2, 0.25) is 0 Å². The van der Waals surface area contributed by atoms with Crippen molar-refractivity contribution in [2.45, 2.75) is 6.42 Å². The molecule has 1 heterocycles. The quantitative estimate of drug-likeness (QED) is 0.706. The second kappa shape index (κ2) is 10.0. The van der Waals surface area contributed by atoms with E-state index in [0.29, 0.717) is 19.7 Å². The van der Waals surface area contributed by atoms with E-state index in [4.69, 9.17) is 9.47 Å². The molecule has 1 fully saturated rings. The van der Waals surface area contributed by atoms with Gasteiger partial charge in [-0.1, -0.05) is 18.2 Å². The molecule has 0 unspecified atom stereocenters. The number of para-hydroxylation sites is 1. The highest BCUT2D eigenvalue weighted by Gasteiger charge is 2.09. The van der Waals surface area contributed by atoms with Gasteiger partial charge in [0.1, 0.15) is 12.4 Å². The SMILES string of the molecule is O=C(NCCCN1CCOCC1)NCCOc1ccccc1. The molecule has 0 radical (unpaired) electrons. The lowest BCUT2D eigenvalue weighted by atomic mass is 10.3. The van der Waals surface area contributed by atoms with Crippen molar-refractivity contribution in [2.24, 2.45) is 0 Å². The number of morpholine rings is 1. The molecule has 22 heavy (non-hydrogen) atoms. The molecule has 2 rings (SSSR count). The van der Waals surface area contributed by atoms with E-state index in [-0.39, 0.29) is 6.03 Å². The molecule has 1 aromatic carbocycles. The minimum atomic E-state index is -0.140. The molecular weight excluding hydrogens is 282 g/mol. The van der Waals surface area contributed by atoms with Crippen molar-refractivity contribution in [1.82, 2.24) is 15.5 Å². The molecule has 2 N–H and O–H groups in total. The molecule has 6 heteroatoms. The van der Waals surface area contributed by atoms with E-state index in [2.05, 4.69) is 15.5 Å². The Balaban J connectivity index is 1.44. The van der Waals surface area contributed by atoms with Crippen molar-refractivity contribution in [1.29, 1.82) is 0 Å². The average molecular weight is 307 g/mol. The third kappa shape index (κ3) is 6.78. The Bertz CT molecular complexity index is 422. The molecule has 0 bridgehead atoms. The molecule has 0 saturated carbocycles. The second-order valence-corrected chi connectivity index (χ2v) is 5.15. The summed E-state index contributed by atoms with van der Waals surface area (Å²) in [6.07, 6.45) is 0.952. The summed E-state index contributed by atoms with van der Waals surface area (Å²) in [5.41, 5.74) is 0. The Morgan fingerprint density at radius 3 is 2.64 bits per heavy atom. The van der Waals surface area contributed by atoms with E-state index in [1.807, 2.05) is 30.3 Å². The zero-order valence-electron chi connectivity index (χ0n) is 12.9. The monoisotopic (exact) mass is 307 g/mol. The lowest BCUT2D eigenvalue weighted by molar-refractivity contribution is 0.0375. The largest absolute Gasteiger partial charge is 0.492 e. The van der Waals surface area contributed by atoms with Gasteiger partial charge in [0.05, 0.1) is 19.8 Å². The first-order valence-corrected chi connectivity index (χ1v) is 7.84. The van der Waals surface area contributed by atoms with Crippen LogP contribution in [0.25, 0.3) is 0 Å². The Hall–Kier alpha value is -1.79. The van der Waals surface area contributed by atoms with Crippen LogP contribution in [0, 0.1) is 0 Å². The fourth-order valence-corrected chi connectivity index (χ4v) is 2.24. The third-order valence-corrected chi connectivity index (χ3v) is 3.44. The summed E-state index contributed by atoms with van der Waals surface area (Å²) >= 11 is 0. The molecule has 0 aromatic heterocycles. The van der Waals surface area contributed by atoms with Crippen molar-refractivity contribution in [3.63, 3.8) is 0 Å². The summed E-state index contributed by atoms with van der Waals surface area (Å²) in [7, 11) is 0. The number of rotatable bonds is 8. The highest BCUT2D eigenvalue weighted by atomic mass is 16.5. The van der Waals surface area contributed by atoms with Crippen molar-refractivity contribution in [2.75, 3.05) is 52.5 Å². The van der Waals surface area contributed by atoms with Crippen LogP contribution in [-0.2, 0) is 4.74 Å². The highest BCUT2D eigenvalue weighted by Crippen LogP contribution is 2.07. The molecule has 2 amide bonds. The van der Waals surface area contributed by atoms with Gasteiger partial charge in [0.15, 0.2) is 0 Å². The molecule has 6 nitrogen and oxygen atoms in total. The minimum absolute atomic E-state index is 0.140. The number of hydrogen-bond acceptors (Lipinski definition) is 4. The molecule has 122 valence electrons. The number of ether oxygens (including phenoxy) is 2. The van der Waals surface area contributed by atoms with E-state index in [1.54, 1.807) is 0 Å². The predicted molar refractivity (Wildman–Crippen MR) is 85.2 cm³/mol. The van der Waals surface area contributed by atoms with Crippen LogP contribution in [0.5, 0.6) is 5.75 Å². The summed E-state index contributed by atoms with van der Waals surface area (Å²) in [5, 5.41) is 5.64. The van der Waals surface area contributed by atoms with E-state index >= 15 is 0 Å². The first-order chi connectivity index (χ1) is 10.8. The Morgan fingerprint density at radius 1 is 1.14 bits per heavy atom. The fraction of sp³-hybridized carbons (Fsp3) is 0.562. The molecule has 0 atom stereocenters. The molecule has 0 aliphatic carbocycles. The van der Waals surface area contributed by atoms with E-state index in [0.717, 1.165) is 45.0 Å². The van der Waals surface area contributed by atoms with Gasteiger partial charge in [0, 0.05) is 19.6 Å². The Morgan fingerprint density at radius 2 is 1.86 bits per heavy atom. The van der Waals surface area contributed by atoms with E-state index < -0.39 is 0 Å². The van der Waals surface area contributed by atoms with Crippen LogP contribution in [0.15, 0.2) is 30.3 Å². The number of hydrogen-bond donors (Lipinski definition) is 2. The topological polar surface area (TPSA) is 62.8 Å². The summed E-state index contributed by atoms with van der Waals surface area (Å²) in [5.74, 6) is 0.815. The average Bonchev–Trinajstić information content (AvgIpc) is 2.57. The number of carbonyl (C=O) groups excluding carboxylic acids is 1. The predicted octanol–water partition coefficient (Wildman–Crippen LogP) is 1.09. The number of carbonyl (C=O) groups is 1. The van der Waals surface area contributed by atoms with E-state index in [9.17, 15) is 4.79 Å². The number of amides is 2. The zero-order valence-corrected chi connectivity index (χ0v) is 12.9. The standard InChI is InChI=1S/C16H25N3O3/c20-16(17-7-4-9-19-10-13-21-14-11-19)18-8-12-22-15-5-2-1-3-6-15/h1-3,5-6H,4,7-14H2,(H2,17,18,20). The van der Waals surface area contributed by atoms with Gasteiger partial charge in [-0.2, -0.15) is 0 Å². The van der Waals surface area contributed by atoms with Gasteiger partial charge >= 0.3 is 6.03 Å². The number of urea groups is 1. The Labute approximate surface area is 131 Å². The van der Waals surface area contributed by atoms with Crippen molar-refractivity contribution >= 4 is 6.03 Å². The molecule has 1 aromatic rings. The van der Waals surface area contributed by atoms with Crippen molar-refractivity contribution in [3.05, 3.63) is 30.3 Å². The number of benzene rings is 1. The summed E-state index contributed by atoms with van der Waals surface area (Å²) in [6.45, 7) is 6.25. The Kier molecular flexibility index (Phi) is 7.55. The highest BCUT2D eigenvalue weighted by molar-refractivity contribution is 5.73. The van der Waals surface area contributed by atoms with Crippen LogP contribution < -0.4 is 15.4 Å². The number of nitrogens with zero attached hydrogens (tertiary/aromatic N) is 1. The molecule has 0 spiro atoms. The summed E-state index contributed by atoms with van der Waals surface area (Å²) in [4.78, 5) is 14.0. The van der Waals surface area contributed by atoms with Gasteiger partial charge < -0.3 is 20.1 Å². The van der Waals surface area contributed by atoms with Crippen LogP contribution >= 0.6 is 0 Å². The maximum atomic E-state index is 11.6. The fourth-order valence-electron chi connectivity index (χ4n) is 2.24. The lowest BCUT2D eigenvalue weighted by Crippen LogP contribution is -2.40. The van der Waals surface area contributed by atoms with E-state index in [1.165, 1.54) is 0 Å². The first-order valence-electron chi connectivity index (χ1n) is 7.84. The van der Waals surface area contributed by atoms with Gasteiger partial charge in [0.25, 0.3) is 0 Å². The number of nitrogens with one attached hydrogen (secondary N) is 2. The first kappa shape index (κ1) is 16.6. The van der Waals surface area contributed by atoms with Gasteiger partial charge in [-0.15, -0.1) is 0 Å². The maximum absolute atomic E-state index is 11.6. The van der Waals surface area contributed by atoms with Crippen LogP contribution in [-0.4, -0.2) is 63.5 Å². The maximum Gasteiger partial charge on any atom is 0.314 e.